The van der Waals surface area contributed by atoms with Gasteiger partial charge in [0.05, 0.1) is 0 Å². The molecule has 1 fully saturated rings. The van der Waals surface area contributed by atoms with Gasteiger partial charge in [-0.05, 0) is 32.4 Å². The molecule has 1 aliphatic rings. The van der Waals surface area contributed by atoms with Gasteiger partial charge in [0.2, 0.25) is 0 Å². The lowest BCUT2D eigenvalue weighted by atomic mass is 10.0. The molecule has 1 heterocycles. The highest BCUT2D eigenvalue weighted by Crippen LogP contribution is 2.27. The lowest BCUT2D eigenvalue weighted by molar-refractivity contribution is -0.0372. The Morgan fingerprint density at radius 1 is 1.42 bits per heavy atom. The van der Waals surface area contributed by atoms with Crippen LogP contribution in [0.5, 0.6) is 5.75 Å². The zero-order valence-corrected chi connectivity index (χ0v) is 11.9. The predicted octanol–water partition coefficient (Wildman–Crippen LogP) is 2.70. The molecule has 1 aromatic carbocycles. The van der Waals surface area contributed by atoms with Gasteiger partial charge in [0, 0.05) is 32.3 Å². The molecule has 2 rings (SSSR count). The summed E-state index contributed by atoms with van der Waals surface area (Å²) in [6, 6.07) is 6.74. The maximum absolute atomic E-state index is 13.1. The topological polar surface area (TPSA) is 21.7 Å². The SMILES string of the molecule is COC1(COc2cccc(F)c2)CCN(C(C)C)C1. The zero-order chi connectivity index (χ0) is 13.9. The van der Waals surface area contributed by atoms with Gasteiger partial charge in [-0.15, -0.1) is 0 Å². The average Bonchev–Trinajstić information content (AvgIpc) is 2.82. The van der Waals surface area contributed by atoms with E-state index in [1.165, 1.54) is 12.1 Å². The van der Waals surface area contributed by atoms with Gasteiger partial charge in [0.15, 0.2) is 0 Å². The number of hydrogen-bond donors (Lipinski definition) is 0. The molecule has 0 aliphatic carbocycles. The third-order valence-electron chi connectivity index (χ3n) is 3.81. The van der Waals surface area contributed by atoms with E-state index in [1.807, 2.05) is 0 Å². The number of ether oxygens (including phenoxy) is 2. The largest absolute Gasteiger partial charge is 0.490 e. The van der Waals surface area contributed by atoms with Gasteiger partial charge in [-0.2, -0.15) is 0 Å². The predicted molar refractivity (Wildman–Crippen MR) is 73.0 cm³/mol. The summed E-state index contributed by atoms with van der Waals surface area (Å²) < 4.78 is 24.5. The average molecular weight is 267 g/mol. The molecule has 4 heteroatoms. The minimum atomic E-state index is -0.281. The Hall–Kier alpha value is -1.13. The van der Waals surface area contributed by atoms with Crippen molar-refractivity contribution in [3.63, 3.8) is 0 Å². The van der Waals surface area contributed by atoms with Crippen molar-refractivity contribution in [3.05, 3.63) is 30.1 Å². The molecular weight excluding hydrogens is 245 g/mol. The van der Waals surface area contributed by atoms with E-state index in [2.05, 4.69) is 18.7 Å². The summed E-state index contributed by atoms with van der Waals surface area (Å²) in [7, 11) is 1.72. The molecule has 1 atom stereocenters. The first-order valence-corrected chi connectivity index (χ1v) is 6.72. The summed E-state index contributed by atoms with van der Waals surface area (Å²) in [4.78, 5) is 2.37. The smallest absolute Gasteiger partial charge is 0.126 e. The van der Waals surface area contributed by atoms with Crippen LogP contribution in [0.15, 0.2) is 24.3 Å². The van der Waals surface area contributed by atoms with E-state index in [0.29, 0.717) is 18.4 Å². The van der Waals surface area contributed by atoms with E-state index in [0.717, 1.165) is 19.5 Å². The van der Waals surface area contributed by atoms with Crippen molar-refractivity contribution in [2.45, 2.75) is 31.9 Å². The summed E-state index contributed by atoms with van der Waals surface area (Å²) in [5, 5.41) is 0. The van der Waals surface area contributed by atoms with Gasteiger partial charge in [-0.25, -0.2) is 4.39 Å². The quantitative estimate of drug-likeness (QED) is 0.818. The Labute approximate surface area is 114 Å². The number of likely N-dealkylation sites (tertiary alicyclic amines) is 1. The highest BCUT2D eigenvalue weighted by molar-refractivity contribution is 5.22. The molecule has 106 valence electrons. The summed E-state index contributed by atoms with van der Waals surface area (Å²) >= 11 is 0. The van der Waals surface area contributed by atoms with E-state index in [4.69, 9.17) is 9.47 Å². The van der Waals surface area contributed by atoms with Crippen molar-refractivity contribution in [2.24, 2.45) is 0 Å². The van der Waals surface area contributed by atoms with Crippen LogP contribution in [-0.2, 0) is 4.74 Å². The van der Waals surface area contributed by atoms with Gasteiger partial charge in [0.1, 0.15) is 23.8 Å². The first kappa shape index (κ1) is 14.3. The van der Waals surface area contributed by atoms with Crippen LogP contribution in [0.3, 0.4) is 0 Å². The third kappa shape index (κ3) is 3.45. The van der Waals surface area contributed by atoms with E-state index in [1.54, 1.807) is 19.2 Å². The van der Waals surface area contributed by atoms with Crippen molar-refractivity contribution >= 4 is 0 Å². The van der Waals surface area contributed by atoms with Crippen LogP contribution in [0.4, 0.5) is 4.39 Å². The summed E-state index contributed by atoms with van der Waals surface area (Å²) in [5.74, 6) is 0.276. The molecular formula is C15H22FNO2. The van der Waals surface area contributed by atoms with Crippen molar-refractivity contribution in [1.82, 2.24) is 4.90 Å². The first-order chi connectivity index (χ1) is 9.04. The normalized spacial score (nSPS) is 24.1. The van der Waals surface area contributed by atoms with Gasteiger partial charge in [-0.1, -0.05) is 6.07 Å². The Bertz CT molecular complexity index is 424. The first-order valence-electron chi connectivity index (χ1n) is 6.72. The summed E-state index contributed by atoms with van der Waals surface area (Å²) in [5.41, 5.74) is -0.281. The molecule has 0 bridgehead atoms. The number of methoxy groups -OCH3 is 1. The molecule has 0 spiro atoms. The Balaban J connectivity index is 1.97. The standard InChI is InChI=1S/C15H22FNO2/c1-12(2)17-8-7-15(10-17,18-3)11-19-14-6-4-5-13(16)9-14/h4-6,9,12H,7-8,10-11H2,1-3H3. The second kappa shape index (κ2) is 5.88. The molecule has 0 N–H and O–H groups in total. The molecule has 1 aliphatic heterocycles. The third-order valence-corrected chi connectivity index (χ3v) is 3.81. The van der Waals surface area contributed by atoms with Gasteiger partial charge >= 0.3 is 0 Å². The van der Waals surface area contributed by atoms with Crippen molar-refractivity contribution < 1.29 is 13.9 Å². The molecule has 3 nitrogen and oxygen atoms in total. The molecule has 1 saturated heterocycles. The molecule has 0 aromatic heterocycles. The fraction of sp³-hybridized carbons (Fsp3) is 0.600. The highest BCUT2D eigenvalue weighted by atomic mass is 19.1. The van der Waals surface area contributed by atoms with Crippen LogP contribution < -0.4 is 4.74 Å². The van der Waals surface area contributed by atoms with Crippen molar-refractivity contribution in [2.75, 3.05) is 26.8 Å². The van der Waals surface area contributed by atoms with Gasteiger partial charge in [-0.3, -0.25) is 4.90 Å². The molecule has 0 saturated carbocycles. The maximum Gasteiger partial charge on any atom is 0.126 e. The summed E-state index contributed by atoms with van der Waals surface area (Å²) in [6.45, 7) is 6.68. The molecule has 0 radical (unpaired) electrons. The number of hydrogen-bond acceptors (Lipinski definition) is 3. The Kier molecular flexibility index (Phi) is 4.42. The second-order valence-corrected chi connectivity index (χ2v) is 5.45. The van der Waals surface area contributed by atoms with Crippen LogP contribution in [0.25, 0.3) is 0 Å². The van der Waals surface area contributed by atoms with E-state index < -0.39 is 0 Å². The minimum absolute atomic E-state index is 0.279. The zero-order valence-electron chi connectivity index (χ0n) is 11.9. The van der Waals surface area contributed by atoms with Crippen molar-refractivity contribution in [1.29, 1.82) is 0 Å². The van der Waals surface area contributed by atoms with Crippen LogP contribution in [0.1, 0.15) is 20.3 Å². The van der Waals surface area contributed by atoms with Gasteiger partial charge < -0.3 is 9.47 Å². The maximum atomic E-state index is 13.1. The van der Waals surface area contributed by atoms with Crippen LogP contribution in [0.2, 0.25) is 0 Å². The summed E-state index contributed by atoms with van der Waals surface area (Å²) in [6.07, 6.45) is 0.941. The van der Waals surface area contributed by atoms with E-state index in [9.17, 15) is 4.39 Å². The van der Waals surface area contributed by atoms with Crippen molar-refractivity contribution in [3.8, 4) is 5.75 Å². The minimum Gasteiger partial charge on any atom is -0.490 e. The molecule has 0 amide bonds. The second-order valence-electron chi connectivity index (χ2n) is 5.45. The molecule has 1 unspecified atom stereocenters. The van der Waals surface area contributed by atoms with Crippen LogP contribution in [-0.4, -0.2) is 43.3 Å². The highest BCUT2D eigenvalue weighted by Gasteiger charge is 2.39. The fourth-order valence-electron chi connectivity index (χ4n) is 2.43. The van der Waals surface area contributed by atoms with Gasteiger partial charge in [0.25, 0.3) is 0 Å². The Morgan fingerprint density at radius 3 is 2.79 bits per heavy atom. The molecule has 19 heavy (non-hydrogen) atoms. The lowest BCUT2D eigenvalue weighted by Gasteiger charge is -2.29. The van der Waals surface area contributed by atoms with Crippen LogP contribution in [0, 0.1) is 5.82 Å². The van der Waals surface area contributed by atoms with E-state index in [-0.39, 0.29) is 11.4 Å². The van der Waals surface area contributed by atoms with Crippen LogP contribution >= 0.6 is 0 Å². The number of nitrogens with zero attached hydrogens (tertiary/aromatic N) is 1. The fourth-order valence-corrected chi connectivity index (χ4v) is 2.43. The van der Waals surface area contributed by atoms with E-state index >= 15 is 0 Å². The number of benzene rings is 1. The molecule has 1 aromatic rings. The lowest BCUT2D eigenvalue weighted by Crippen LogP contribution is -2.42. The number of rotatable bonds is 5. The number of halogens is 1. The Morgan fingerprint density at radius 2 is 2.21 bits per heavy atom. The monoisotopic (exact) mass is 267 g/mol.